The summed E-state index contributed by atoms with van der Waals surface area (Å²) < 4.78 is 11.6. The summed E-state index contributed by atoms with van der Waals surface area (Å²) in [5.74, 6) is 1.41. The Balaban J connectivity index is 1.99. The molecule has 0 saturated carbocycles. The smallest absolute Gasteiger partial charge is 0.166 e. The van der Waals surface area contributed by atoms with Crippen LogP contribution in [0.25, 0.3) is 0 Å². The van der Waals surface area contributed by atoms with Gasteiger partial charge < -0.3 is 19.7 Å². The zero-order chi connectivity index (χ0) is 15.5. The number of methoxy groups -OCH3 is 1. The standard InChI is InChI=1S/C17H21NO4/c1-18-8-10-3-4-12(21-2)16-15(10)17(13(20)9-18)6-5-11(19)7-14(17)22-16/h3-6,11,13-14,19-20H,7-9H2,1-2H3/t11-,13+,14+,17+/m1/s1. The summed E-state index contributed by atoms with van der Waals surface area (Å²) in [6.07, 6.45) is 2.83. The Labute approximate surface area is 129 Å². The van der Waals surface area contributed by atoms with Crippen LogP contribution in [0.5, 0.6) is 11.5 Å². The molecular weight excluding hydrogens is 282 g/mol. The van der Waals surface area contributed by atoms with Crippen molar-refractivity contribution in [3.8, 4) is 11.5 Å². The molecular formula is C17H21NO4. The van der Waals surface area contributed by atoms with Crippen LogP contribution in [0.3, 0.4) is 0 Å². The first kappa shape index (κ1) is 14.1. The van der Waals surface area contributed by atoms with Gasteiger partial charge in [0.1, 0.15) is 6.10 Å². The van der Waals surface area contributed by atoms with Crippen molar-refractivity contribution >= 4 is 0 Å². The van der Waals surface area contributed by atoms with E-state index in [9.17, 15) is 10.2 Å². The first-order valence-corrected chi connectivity index (χ1v) is 7.67. The van der Waals surface area contributed by atoms with Gasteiger partial charge in [-0.2, -0.15) is 0 Å². The fourth-order valence-corrected chi connectivity index (χ4v) is 4.19. The van der Waals surface area contributed by atoms with Gasteiger partial charge in [0.05, 0.1) is 24.7 Å². The fraction of sp³-hybridized carbons (Fsp3) is 0.529. The lowest BCUT2D eigenvalue weighted by Gasteiger charge is -2.39. The van der Waals surface area contributed by atoms with Crippen molar-refractivity contribution in [2.24, 2.45) is 0 Å². The molecule has 4 rings (SSSR count). The second kappa shape index (κ2) is 4.72. The van der Waals surface area contributed by atoms with Gasteiger partial charge in [0.15, 0.2) is 11.5 Å². The number of hydrogen-bond acceptors (Lipinski definition) is 5. The number of aliphatic hydroxyl groups is 2. The highest BCUT2D eigenvalue weighted by molar-refractivity contribution is 5.61. The van der Waals surface area contributed by atoms with Crippen molar-refractivity contribution in [2.45, 2.75) is 36.7 Å². The lowest BCUT2D eigenvalue weighted by molar-refractivity contribution is 0.00643. The van der Waals surface area contributed by atoms with E-state index in [0.717, 1.165) is 23.4 Å². The summed E-state index contributed by atoms with van der Waals surface area (Å²) in [5, 5.41) is 20.9. The molecule has 5 heteroatoms. The van der Waals surface area contributed by atoms with Gasteiger partial charge in [0.25, 0.3) is 0 Å². The molecule has 0 unspecified atom stereocenters. The van der Waals surface area contributed by atoms with E-state index < -0.39 is 17.6 Å². The van der Waals surface area contributed by atoms with E-state index in [4.69, 9.17) is 9.47 Å². The van der Waals surface area contributed by atoms with E-state index in [-0.39, 0.29) is 6.10 Å². The number of hydrogen-bond donors (Lipinski definition) is 2. The molecule has 0 bridgehead atoms. The molecule has 3 aliphatic rings. The van der Waals surface area contributed by atoms with Crippen LogP contribution < -0.4 is 9.47 Å². The fourth-order valence-electron chi connectivity index (χ4n) is 4.19. The number of rotatable bonds is 1. The Hall–Kier alpha value is -1.56. The second-order valence-corrected chi connectivity index (χ2v) is 6.55. The molecule has 1 aromatic carbocycles. The van der Waals surface area contributed by atoms with Crippen molar-refractivity contribution in [1.82, 2.24) is 4.90 Å². The summed E-state index contributed by atoms with van der Waals surface area (Å²) in [6, 6.07) is 3.98. The molecule has 0 saturated heterocycles. The van der Waals surface area contributed by atoms with E-state index in [2.05, 4.69) is 11.0 Å². The Bertz CT molecular complexity index is 644. The van der Waals surface area contributed by atoms with Crippen molar-refractivity contribution < 1.29 is 19.7 Å². The van der Waals surface area contributed by atoms with E-state index in [0.29, 0.717) is 18.7 Å². The van der Waals surface area contributed by atoms with Crippen LogP contribution in [0.2, 0.25) is 0 Å². The van der Waals surface area contributed by atoms with Crippen molar-refractivity contribution in [3.05, 3.63) is 35.4 Å². The van der Waals surface area contributed by atoms with E-state index in [1.807, 2.05) is 19.2 Å². The normalized spacial score (nSPS) is 36.3. The highest BCUT2D eigenvalue weighted by atomic mass is 16.5. The maximum Gasteiger partial charge on any atom is 0.166 e. The van der Waals surface area contributed by atoms with Crippen LogP contribution in [0.4, 0.5) is 0 Å². The average Bonchev–Trinajstić information content (AvgIpc) is 2.77. The van der Waals surface area contributed by atoms with Crippen LogP contribution in [0.1, 0.15) is 17.5 Å². The van der Waals surface area contributed by atoms with Gasteiger partial charge in [-0.1, -0.05) is 18.2 Å². The zero-order valence-corrected chi connectivity index (χ0v) is 12.8. The Morgan fingerprint density at radius 1 is 1.36 bits per heavy atom. The van der Waals surface area contributed by atoms with Gasteiger partial charge in [-0.25, -0.2) is 0 Å². The number of aliphatic hydroxyl groups excluding tert-OH is 2. The second-order valence-electron chi connectivity index (χ2n) is 6.55. The van der Waals surface area contributed by atoms with Crippen LogP contribution in [0.15, 0.2) is 24.3 Å². The van der Waals surface area contributed by atoms with Crippen LogP contribution in [-0.4, -0.2) is 54.1 Å². The summed E-state index contributed by atoms with van der Waals surface area (Å²) in [4.78, 5) is 2.12. The predicted octanol–water partition coefficient (Wildman–Crippen LogP) is 0.821. The number of benzene rings is 1. The van der Waals surface area contributed by atoms with Crippen molar-refractivity contribution in [3.63, 3.8) is 0 Å². The number of nitrogens with zero attached hydrogens (tertiary/aromatic N) is 1. The molecule has 2 heterocycles. The largest absolute Gasteiger partial charge is 0.493 e. The Kier molecular flexibility index (Phi) is 3.01. The minimum Gasteiger partial charge on any atom is -0.493 e. The Morgan fingerprint density at radius 2 is 2.18 bits per heavy atom. The van der Waals surface area contributed by atoms with Gasteiger partial charge in [0.2, 0.25) is 0 Å². The molecule has 2 N–H and O–H groups in total. The zero-order valence-electron chi connectivity index (χ0n) is 12.8. The SMILES string of the molecule is COc1ccc2c3c1O[C@H]1C[C@H](O)C=C[C@@]31[C@@H](O)CN(C)C2. The van der Waals surface area contributed by atoms with Crippen LogP contribution in [0, 0.1) is 0 Å². The molecule has 22 heavy (non-hydrogen) atoms. The number of ether oxygens (including phenoxy) is 2. The quantitative estimate of drug-likeness (QED) is 0.752. The minimum absolute atomic E-state index is 0.265. The van der Waals surface area contributed by atoms with Crippen LogP contribution in [-0.2, 0) is 12.0 Å². The van der Waals surface area contributed by atoms with Gasteiger partial charge in [-0.3, -0.25) is 4.90 Å². The predicted molar refractivity (Wildman–Crippen MR) is 81.2 cm³/mol. The summed E-state index contributed by atoms with van der Waals surface area (Å²) in [7, 11) is 3.63. The summed E-state index contributed by atoms with van der Waals surface area (Å²) in [5.41, 5.74) is 1.58. The number of β-amino-alcohol motifs (C(OH)–C–C–N with tert-alkyl or cyclic N) is 1. The van der Waals surface area contributed by atoms with Crippen molar-refractivity contribution in [2.75, 3.05) is 20.7 Å². The third-order valence-corrected chi connectivity index (χ3v) is 5.18. The molecule has 0 radical (unpaired) electrons. The molecule has 2 aliphatic heterocycles. The minimum atomic E-state index is -0.594. The molecule has 1 spiro atoms. The average molecular weight is 303 g/mol. The monoisotopic (exact) mass is 303 g/mol. The van der Waals surface area contributed by atoms with Gasteiger partial charge in [-0.05, 0) is 18.7 Å². The lowest BCUT2D eigenvalue weighted by Crippen LogP contribution is -2.52. The summed E-state index contributed by atoms with van der Waals surface area (Å²) >= 11 is 0. The highest BCUT2D eigenvalue weighted by Gasteiger charge is 2.57. The van der Waals surface area contributed by atoms with Gasteiger partial charge >= 0.3 is 0 Å². The van der Waals surface area contributed by atoms with E-state index >= 15 is 0 Å². The van der Waals surface area contributed by atoms with E-state index in [1.54, 1.807) is 13.2 Å². The molecule has 1 aromatic rings. The molecule has 0 aromatic heterocycles. The molecule has 5 nitrogen and oxygen atoms in total. The maximum absolute atomic E-state index is 10.9. The molecule has 0 amide bonds. The third kappa shape index (κ3) is 1.70. The maximum atomic E-state index is 10.9. The Morgan fingerprint density at radius 3 is 2.95 bits per heavy atom. The lowest BCUT2D eigenvalue weighted by atomic mass is 9.67. The molecule has 0 fully saturated rings. The third-order valence-electron chi connectivity index (χ3n) is 5.18. The van der Waals surface area contributed by atoms with Crippen molar-refractivity contribution in [1.29, 1.82) is 0 Å². The van der Waals surface area contributed by atoms with Gasteiger partial charge in [-0.15, -0.1) is 0 Å². The molecule has 4 atom stereocenters. The first-order chi connectivity index (χ1) is 10.6. The first-order valence-electron chi connectivity index (χ1n) is 7.67. The summed E-state index contributed by atoms with van der Waals surface area (Å²) in [6.45, 7) is 1.33. The van der Waals surface area contributed by atoms with Gasteiger partial charge in [0, 0.05) is 25.1 Å². The topological polar surface area (TPSA) is 62.2 Å². The molecule has 1 aliphatic carbocycles. The highest BCUT2D eigenvalue weighted by Crippen LogP contribution is 2.55. The number of likely N-dealkylation sites (N-methyl/N-ethyl adjacent to an activating group) is 1. The van der Waals surface area contributed by atoms with E-state index in [1.165, 1.54) is 0 Å². The van der Waals surface area contributed by atoms with Crippen LogP contribution >= 0.6 is 0 Å². The molecule has 118 valence electrons.